The number of piperidine rings is 2. The molecule has 0 aromatic rings. The summed E-state index contributed by atoms with van der Waals surface area (Å²) in [7, 11) is 2.16. The van der Waals surface area contributed by atoms with E-state index in [-0.39, 0.29) is 6.10 Å². The Hall–Kier alpha value is -0.120. The van der Waals surface area contributed by atoms with Gasteiger partial charge in [0.25, 0.3) is 0 Å². The molecule has 0 aromatic heterocycles. The van der Waals surface area contributed by atoms with E-state index in [1.54, 1.807) is 0 Å². The molecule has 76 valence electrons. The number of aliphatic hydroxyl groups is 1. The first kappa shape index (κ1) is 9.44. The largest absolute Gasteiger partial charge is 0.392 e. The quantitative estimate of drug-likeness (QED) is 0.614. The van der Waals surface area contributed by atoms with Gasteiger partial charge in [-0.3, -0.25) is 0 Å². The summed E-state index contributed by atoms with van der Waals surface area (Å²) in [6, 6.07) is 0. The van der Waals surface area contributed by atoms with Crippen LogP contribution in [0.25, 0.3) is 0 Å². The van der Waals surface area contributed by atoms with Crippen LogP contribution in [0.1, 0.15) is 6.92 Å². The summed E-state index contributed by atoms with van der Waals surface area (Å²) in [4.78, 5) is 4.82. The fourth-order valence-corrected chi connectivity index (χ4v) is 2.80. The highest BCUT2D eigenvalue weighted by atomic mass is 16.3. The van der Waals surface area contributed by atoms with E-state index < -0.39 is 0 Å². The van der Waals surface area contributed by atoms with Crippen LogP contribution in [-0.2, 0) is 0 Å². The number of likely N-dealkylation sites (tertiary alicyclic amines) is 2. The van der Waals surface area contributed by atoms with Gasteiger partial charge in [0.15, 0.2) is 0 Å². The highest BCUT2D eigenvalue weighted by Crippen LogP contribution is 2.27. The fraction of sp³-hybridized carbons (Fsp3) is 1.00. The number of hydrogen-bond donors (Lipinski definition) is 1. The average Bonchev–Trinajstić information content (AvgIpc) is 2.07. The van der Waals surface area contributed by atoms with Crippen LogP contribution in [0.4, 0.5) is 0 Å². The Morgan fingerprint density at radius 1 is 1.15 bits per heavy atom. The number of fused-ring (bicyclic) bond motifs is 2. The molecule has 2 rings (SSSR count). The molecule has 3 heteroatoms. The lowest BCUT2D eigenvalue weighted by Crippen LogP contribution is -2.59. The van der Waals surface area contributed by atoms with E-state index in [4.69, 9.17) is 0 Å². The second-order valence-corrected chi connectivity index (χ2v) is 4.58. The zero-order valence-electron chi connectivity index (χ0n) is 8.61. The van der Waals surface area contributed by atoms with Gasteiger partial charge in [-0.15, -0.1) is 0 Å². The SMILES string of the molecule is CCN1C[C@H]2CN(C)C[C@@H](C1)C2O. The summed E-state index contributed by atoms with van der Waals surface area (Å²) >= 11 is 0. The Balaban J connectivity index is 2.04. The summed E-state index contributed by atoms with van der Waals surface area (Å²) in [5.74, 6) is 0.967. The van der Waals surface area contributed by atoms with Crippen molar-refractivity contribution in [3.63, 3.8) is 0 Å². The highest BCUT2D eigenvalue weighted by molar-refractivity contribution is 4.92. The third-order valence-electron chi connectivity index (χ3n) is 3.49. The monoisotopic (exact) mass is 184 g/mol. The Kier molecular flexibility index (Phi) is 2.58. The zero-order valence-corrected chi connectivity index (χ0v) is 8.61. The van der Waals surface area contributed by atoms with Gasteiger partial charge in [0, 0.05) is 38.0 Å². The van der Waals surface area contributed by atoms with Gasteiger partial charge < -0.3 is 14.9 Å². The second-order valence-electron chi connectivity index (χ2n) is 4.58. The summed E-state index contributed by atoms with van der Waals surface area (Å²) in [5, 5.41) is 9.97. The maximum absolute atomic E-state index is 9.97. The van der Waals surface area contributed by atoms with E-state index in [1.165, 1.54) is 0 Å². The van der Waals surface area contributed by atoms with Gasteiger partial charge in [0.05, 0.1) is 6.10 Å². The summed E-state index contributed by atoms with van der Waals surface area (Å²) in [5.41, 5.74) is 0. The van der Waals surface area contributed by atoms with Crippen LogP contribution in [0.15, 0.2) is 0 Å². The molecule has 2 saturated heterocycles. The van der Waals surface area contributed by atoms with Crippen molar-refractivity contribution in [1.29, 1.82) is 0 Å². The molecule has 0 aromatic carbocycles. The van der Waals surface area contributed by atoms with E-state index in [1.807, 2.05) is 0 Å². The van der Waals surface area contributed by atoms with Gasteiger partial charge in [-0.25, -0.2) is 0 Å². The van der Waals surface area contributed by atoms with Crippen molar-refractivity contribution >= 4 is 0 Å². The van der Waals surface area contributed by atoms with Crippen LogP contribution in [0.3, 0.4) is 0 Å². The molecule has 0 spiro atoms. The minimum absolute atomic E-state index is 0.0426. The van der Waals surface area contributed by atoms with Gasteiger partial charge in [0.1, 0.15) is 0 Å². The van der Waals surface area contributed by atoms with Crippen molar-refractivity contribution in [3.05, 3.63) is 0 Å². The Labute approximate surface area is 80.3 Å². The molecule has 2 heterocycles. The van der Waals surface area contributed by atoms with Crippen molar-refractivity contribution in [2.75, 3.05) is 39.8 Å². The third-order valence-corrected chi connectivity index (χ3v) is 3.49. The first-order valence-electron chi connectivity index (χ1n) is 5.29. The topological polar surface area (TPSA) is 26.7 Å². The van der Waals surface area contributed by atoms with Gasteiger partial charge in [0.2, 0.25) is 0 Å². The lowest BCUT2D eigenvalue weighted by Gasteiger charge is -2.47. The molecule has 0 aliphatic carbocycles. The molecule has 2 fully saturated rings. The second kappa shape index (κ2) is 3.56. The predicted molar refractivity (Wildman–Crippen MR) is 52.6 cm³/mol. The zero-order chi connectivity index (χ0) is 9.42. The Bertz CT molecular complexity index is 170. The van der Waals surface area contributed by atoms with Crippen LogP contribution in [0, 0.1) is 11.8 Å². The minimum atomic E-state index is -0.0426. The molecule has 0 amide bonds. The molecule has 2 aliphatic heterocycles. The third kappa shape index (κ3) is 1.73. The molecule has 0 radical (unpaired) electrons. The highest BCUT2D eigenvalue weighted by Gasteiger charge is 2.39. The van der Waals surface area contributed by atoms with Crippen molar-refractivity contribution in [3.8, 4) is 0 Å². The lowest BCUT2D eigenvalue weighted by molar-refractivity contribution is -0.0708. The fourth-order valence-electron chi connectivity index (χ4n) is 2.80. The number of rotatable bonds is 1. The lowest BCUT2D eigenvalue weighted by atomic mass is 9.82. The molecule has 1 unspecified atom stereocenters. The predicted octanol–water partition coefficient (Wildman–Crippen LogP) is -0.139. The van der Waals surface area contributed by atoms with Crippen LogP contribution in [0.5, 0.6) is 0 Å². The van der Waals surface area contributed by atoms with Gasteiger partial charge in [-0.2, -0.15) is 0 Å². The molecule has 13 heavy (non-hydrogen) atoms. The van der Waals surface area contributed by atoms with Gasteiger partial charge in [-0.1, -0.05) is 6.92 Å². The van der Waals surface area contributed by atoms with Crippen molar-refractivity contribution in [1.82, 2.24) is 9.80 Å². The molecule has 2 aliphatic rings. The normalized spacial score (nSPS) is 42.2. The standard InChI is InChI=1S/C10H20N2O/c1-3-12-6-8-4-11(2)5-9(7-12)10(8)13/h8-10,13H,3-7H2,1-2H3/t8-,9+,10?. The minimum Gasteiger partial charge on any atom is -0.392 e. The van der Waals surface area contributed by atoms with Gasteiger partial charge >= 0.3 is 0 Å². The molecule has 1 N–H and O–H groups in total. The van der Waals surface area contributed by atoms with Crippen LogP contribution >= 0.6 is 0 Å². The molecule has 3 nitrogen and oxygen atoms in total. The molecule has 3 atom stereocenters. The maximum atomic E-state index is 9.97. The average molecular weight is 184 g/mol. The first-order valence-corrected chi connectivity index (χ1v) is 5.29. The molecule has 2 bridgehead atoms. The van der Waals surface area contributed by atoms with Crippen molar-refractivity contribution in [2.45, 2.75) is 13.0 Å². The van der Waals surface area contributed by atoms with E-state index in [9.17, 15) is 5.11 Å². The van der Waals surface area contributed by atoms with E-state index in [0.717, 1.165) is 32.7 Å². The van der Waals surface area contributed by atoms with E-state index >= 15 is 0 Å². The Morgan fingerprint density at radius 2 is 1.69 bits per heavy atom. The summed E-state index contributed by atoms with van der Waals surface area (Å²) in [6.07, 6.45) is -0.0426. The number of aliphatic hydroxyl groups excluding tert-OH is 1. The van der Waals surface area contributed by atoms with Crippen LogP contribution in [-0.4, -0.2) is 60.8 Å². The van der Waals surface area contributed by atoms with Crippen LogP contribution < -0.4 is 0 Å². The van der Waals surface area contributed by atoms with Crippen molar-refractivity contribution < 1.29 is 5.11 Å². The molecular weight excluding hydrogens is 164 g/mol. The number of hydrogen-bond acceptors (Lipinski definition) is 3. The summed E-state index contributed by atoms with van der Waals surface area (Å²) in [6.45, 7) is 7.62. The van der Waals surface area contributed by atoms with Gasteiger partial charge in [-0.05, 0) is 13.6 Å². The molecular formula is C10H20N2O. The van der Waals surface area contributed by atoms with Crippen molar-refractivity contribution in [2.24, 2.45) is 11.8 Å². The maximum Gasteiger partial charge on any atom is 0.0645 e. The van der Waals surface area contributed by atoms with E-state index in [0.29, 0.717) is 11.8 Å². The number of nitrogens with zero attached hydrogens (tertiary/aromatic N) is 2. The molecule has 0 saturated carbocycles. The van der Waals surface area contributed by atoms with E-state index in [2.05, 4.69) is 23.8 Å². The smallest absolute Gasteiger partial charge is 0.0645 e. The Morgan fingerprint density at radius 3 is 2.15 bits per heavy atom. The first-order chi connectivity index (χ1) is 6.20. The summed E-state index contributed by atoms with van der Waals surface area (Å²) < 4.78 is 0. The van der Waals surface area contributed by atoms with Crippen LogP contribution in [0.2, 0.25) is 0 Å².